The summed E-state index contributed by atoms with van der Waals surface area (Å²) in [4.78, 5) is 0. The number of benzene rings is 2. The third-order valence-corrected chi connectivity index (χ3v) is 18.0. The fourth-order valence-corrected chi connectivity index (χ4v) is 7.06. The van der Waals surface area contributed by atoms with Crippen LogP contribution in [-0.4, -0.2) is 16.6 Å². The van der Waals surface area contributed by atoms with E-state index in [0.29, 0.717) is 0 Å². The Kier molecular flexibility index (Phi) is 7.24. The molecule has 0 N–H and O–H groups in total. The standard InChI is InChI=1S/C32H46O2Si2/c1-31(2,3)35(7,8)33-29-21-23(25-15-11-13-17-27(25)29)19-20-24-22-30(28-18-14-12-16-26(24)28)34-36(9,10)32(4,5)6/h11-18,21-22,29-30H,19-20H2,1-10H3. The molecule has 0 fully saturated rings. The molecular weight excluding hydrogens is 473 g/mol. The molecule has 0 aromatic heterocycles. The van der Waals surface area contributed by atoms with Crippen molar-refractivity contribution in [3.05, 3.63) is 82.9 Å². The Morgan fingerprint density at radius 3 is 1.25 bits per heavy atom. The molecule has 2 aliphatic rings. The Balaban J connectivity index is 1.57. The number of fused-ring (bicyclic) bond motifs is 2. The van der Waals surface area contributed by atoms with Gasteiger partial charge in [0, 0.05) is 0 Å². The minimum Gasteiger partial charge on any atom is -0.406 e. The lowest BCUT2D eigenvalue weighted by Crippen LogP contribution is -2.41. The van der Waals surface area contributed by atoms with Crippen LogP contribution >= 0.6 is 0 Å². The van der Waals surface area contributed by atoms with Crippen molar-refractivity contribution < 1.29 is 8.85 Å². The monoisotopic (exact) mass is 518 g/mol. The molecule has 0 radical (unpaired) electrons. The molecule has 36 heavy (non-hydrogen) atoms. The molecule has 0 spiro atoms. The van der Waals surface area contributed by atoms with Crippen molar-refractivity contribution in [3.63, 3.8) is 0 Å². The highest BCUT2D eigenvalue weighted by Crippen LogP contribution is 2.48. The molecule has 194 valence electrons. The van der Waals surface area contributed by atoms with Crippen molar-refractivity contribution in [2.45, 2.75) is 103 Å². The summed E-state index contributed by atoms with van der Waals surface area (Å²) < 4.78 is 13.8. The normalized spacial score (nSPS) is 20.2. The number of hydrogen-bond donors (Lipinski definition) is 0. The zero-order chi connectivity index (χ0) is 26.5. The number of hydrogen-bond acceptors (Lipinski definition) is 2. The van der Waals surface area contributed by atoms with Gasteiger partial charge in [-0.05, 0) is 94.7 Å². The van der Waals surface area contributed by atoms with Gasteiger partial charge in [0.25, 0.3) is 0 Å². The molecule has 0 bridgehead atoms. The summed E-state index contributed by atoms with van der Waals surface area (Å²) >= 11 is 0. The third-order valence-electron chi connectivity index (χ3n) is 9.05. The van der Waals surface area contributed by atoms with Crippen LogP contribution in [0.25, 0.3) is 11.1 Å². The lowest BCUT2D eigenvalue weighted by Gasteiger charge is -2.38. The van der Waals surface area contributed by atoms with Crippen LogP contribution in [0.4, 0.5) is 0 Å². The average Bonchev–Trinajstić information content (AvgIpc) is 3.28. The molecule has 2 aromatic carbocycles. The molecule has 0 saturated carbocycles. The minimum atomic E-state index is -1.88. The van der Waals surface area contributed by atoms with Crippen LogP contribution in [0.5, 0.6) is 0 Å². The minimum absolute atomic E-state index is 0.0663. The molecule has 4 rings (SSSR count). The topological polar surface area (TPSA) is 18.5 Å². The van der Waals surface area contributed by atoms with E-state index < -0.39 is 16.6 Å². The van der Waals surface area contributed by atoms with E-state index in [1.165, 1.54) is 33.4 Å². The van der Waals surface area contributed by atoms with Crippen molar-refractivity contribution in [1.82, 2.24) is 0 Å². The lowest BCUT2D eigenvalue weighted by atomic mass is 9.96. The first-order valence-corrected chi connectivity index (χ1v) is 19.4. The fraction of sp³-hybridized carbons (Fsp3) is 0.500. The first-order chi connectivity index (χ1) is 16.6. The Hall–Kier alpha value is -1.73. The van der Waals surface area contributed by atoms with Gasteiger partial charge < -0.3 is 8.85 Å². The van der Waals surface area contributed by atoms with Gasteiger partial charge in [-0.1, -0.05) is 90.1 Å². The Morgan fingerprint density at radius 2 is 0.917 bits per heavy atom. The molecule has 2 aliphatic carbocycles. The summed E-state index contributed by atoms with van der Waals surface area (Å²) in [6.45, 7) is 23.3. The van der Waals surface area contributed by atoms with E-state index in [2.05, 4.69) is 128 Å². The smallest absolute Gasteiger partial charge is 0.193 e. The lowest BCUT2D eigenvalue weighted by molar-refractivity contribution is 0.232. The second kappa shape index (κ2) is 9.54. The van der Waals surface area contributed by atoms with Crippen LogP contribution in [-0.2, 0) is 8.85 Å². The maximum absolute atomic E-state index is 6.88. The highest BCUT2D eigenvalue weighted by atomic mass is 28.4. The first kappa shape index (κ1) is 27.3. The Labute approximate surface area is 222 Å². The van der Waals surface area contributed by atoms with Crippen molar-refractivity contribution in [3.8, 4) is 0 Å². The highest BCUT2D eigenvalue weighted by molar-refractivity contribution is 6.74. The summed E-state index contributed by atoms with van der Waals surface area (Å²) in [6.07, 6.45) is 6.96. The van der Waals surface area contributed by atoms with E-state index >= 15 is 0 Å². The van der Waals surface area contributed by atoms with Gasteiger partial charge in [0.05, 0.1) is 12.2 Å². The van der Waals surface area contributed by atoms with Crippen LogP contribution in [0.3, 0.4) is 0 Å². The molecule has 4 heteroatoms. The molecule has 0 heterocycles. The van der Waals surface area contributed by atoms with Gasteiger partial charge in [0.2, 0.25) is 0 Å². The third kappa shape index (κ3) is 5.29. The SMILES string of the molecule is CC(C)(C)[Si](C)(C)OC1C=C(CCC2=CC(O[Si](C)(C)C(C)(C)C)c3ccccc32)c2ccccc21. The summed E-state index contributed by atoms with van der Waals surface area (Å²) in [6, 6.07) is 17.7. The summed E-state index contributed by atoms with van der Waals surface area (Å²) in [5.74, 6) is 0. The Morgan fingerprint density at radius 1 is 0.583 bits per heavy atom. The van der Waals surface area contributed by atoms with Gasteiger partial charge in [-0.2, -0.15) is 0 Å². The maximum atomic E-state index is 6.88. The molecule has 0 aliphatic heterocycles. The zero-order valence-corrected chi connectivity index (χ0v) is 26.2. The summed E-state index contributed by atoms with van der Waals surface area (Å²) in [5.41, 5.74) is 8.22. The van der Waals surface area contributed by atoms with Crippen LogP contribution in [0.1, 0.15) is 88.8 Å². The number of rotatable bonds is 7. The molecule has 0 amide bonds. The summed E-state index contributed by atoms with van der Waals surface area (Å²) in [7, 11) is -3.76. The highest BCUT2D eigenvalue weighted by Gasteiger charge is 2.42. The van der Waals surface area contributed by atoms with Gasteiger partial charge in [-0.15, -0.1) is 0 Å². The van der Waals surface area contributed by atoms with E-state index in [9.17, 15) is 0 Å². The second-order valence-electron chi connectivity index (χ2n) is 13.7. The van der Waals surface area contributed by atoms with Crippen LogP contribution in [0.2, 0.25) is 36.3 Å². The first-order valence-electron chi connectivity index (χ1n) is 13.6. The van der Waals surface area contributed by atoms with Gasteiger partial charge >= 0.3 is 0 Å². The predicted octanol–water partition coefficient (Wildman–Crippen LogP) is 10.1. The van der Waals surface area contributed by atoms with Crippen LogP contribution in [0.15, 0.2) is 60.7 Å². The van der Waals surface area contributed by atoms with Gasteiger partial charge in [-0.25, -0.2) is 0 Å². The maximum Gasteiger partial charge on any atom is 0.193 e. The van der Waals surface area contributed by atoms with Crippen molar-refractivity contribution in [2.24, 2.45) is 0 Å². The van der Waals surface area contributed by atoms with Crippen molar-refractivity contribution >= 4 is 27.8 Å². The molecule has 2 aromatic rings. The molecule has 2 unspecified atom stereocenters. The van der Waals surface area contributed by atoms with Gasteiger partial charge in [0.15, 0.2) is 16.6 Å². The van der Waals surface area contributed by atoms with Crippen molar-refractivity contribution in [1.29, 1.82) is 0 Å². The van der Waals surface area contributed by atoms with E-state index in [0.717, 1.165) is 12.8 Å². The van der Waals surface area contributed by atoms with E-state index in [1.807, 2.05) is 0 Å². The molecular formula is C32H46O2Si2. The molecule has 0 saturated heterocycles. The van der Waals surface area contributed by atoms with E-state index in [-0.39, 0.29) is 22.3 Å². The van der Waals surface area contributed by atoms with Crippen LogP contribution in [0, 0.1) is 0 Å². The molecule has 2 atom stereocenters. The van der Waals surface area contributed by atoms with E-state index in [4.69, 9.17) is 8.85 Å². The Bertz CT molecular complexity index is 1080. The number of allylic oxidation sites excluding steroid dienone is 2. The zero-order valence-electron chi connectivity index (χ0n) is 24.2. The van der Waals surface area contributed by atoms with Crippen molar-refractivity contribution in [2.75, 3.05) is 0 Å². The van der Waals surface area contributed by atoms with Gasteiger partial charge in [0.1, 0.15) is 0 Å². The summed E-state index contributed by atoms with van der Waals surface area (Å²) in [5, 5.41) is 0.381. The van der Waals surface area contributed by atoms with Gasteiger partial charge in [-0.3, -0.25) is 0 Å². The van der Waals surface area contributed by atoms with E-state index in [1.54, 1.807) is 0 Å². The fourth-order valence-electron chi connectivity index (χ4n) is 4.69. The largest absolute Gasteiger partial charge is 0.406 e. The second-order valence-corrected chi connectivity index (χ2v) is 23.2. The average molecular weight is 519 g/mol. The van der Waals surface area contributed by atoms with Crippen LogP contribution < -0.4 is 0 Å². The quantitative estimate of drug-likeness (QED) is 0.339. The molecule has 2 nitrogen and oxygen atoms in total. The predicted molar refractivity (Wildman–Crippen MR) is 160 cm³/mol.